The highest BCUT2D eigenvalue weighted by Gasteiger charge is 2.48. The lowest BCUT2D eigenvalue weighted by molar-refractivity contribution is -0.132. The minimum absolute atomic E-state index is 0.0692. The molecule has 0 aliphatic carbocycles. The van der Waals surface area contributed by atoms with Gasteiger partial charge in [0, 0.05) is 22.5 Å². The lowest BCUT2D eigenvalue weighted by Crippen LogP contribution is -2.30. The number of hydrogen-bond donors (Lipinski definition) is 1. The smallest absolute Gasteiger partial charge is 0.300 e. The second-order valence-corrected chi connectivity index (χ2v) is 7.86. The van der Waals surface area contributed by atoms with Crippen molar-refractivity contribution in [1.82, 2.24) is 4.98 Å². The monoisotopic (exact) mass is 464 g/mol. The zero-order valence-electron chi connectivity index (χ0n) is 18.2. The van der Waals surface area contributed by atoms with E-state index in [0.717, 1.165) is 0 Å². The Morgan fingerprint density at radius 3 is 2.42 bits per heavy atom. The number of hydrogen-bond acceptors (Lipinski definition) is 6. The molecule has 1 saturated heterocycles. The zero-order valence-corrected chi connectivity index (χ0v) is 19.0. The minimum atomic E-state index is -0.931. The Morgan fingerprint density at radius 1 is 1.03 bits per heavy atom. The molecule has 1 aliphatic rings. The SMILES string of the molecule is COc1ccc(/C(O)=C2\C(=O)C(=O)N(c3ccc(Cl)cc3C)C2c2ccccn2)cc1OC. The van der Waals surface area contributed by atoms with E-state index in [1.54, 1.807) is 67.7 Å². The highest BCUT2D eigenvalue weighted by atomic mass is 35.5. The van der Waals surface area contributed by atoms with Gasteiger partial charge in [-0.1, -0.05) is 17.7 Å². The Hall–Kier alpha value is -3.84. The Bertz CT molecular complexity index is 1270. The Kier molecular flexibility index (Phi) is 6.07. The van der Waals surface area contributed by atoms with Gasteiger partial charge in [-0.2, -0.15) is 0 Å². The summed E-state index contributed by atoms with van der Waals surface area (Å²) in [6.07, 6.45) is 1.57. The van der Waals surface area contributed by atoms with Crippen molar-refractivity contribution in [3.8, 4) is 11.5 Å². The summed E-state index contributed by atoms with van der Waals surface area (Å²) in [5, 5.41) is 11.7. The van der Waals surface area contributed by atoms with Crippen LogP contribution in [0.5, 0.6) is 11.5 Å². The standard InChI is InChI=1S/C25H21ClN2O5/c1-14-12-16(26)8-9-18(14)28-22(17-6-4-5-11-27-17)21(24(30)25(28)31)23(29)15-7-10-19(32-2)20(13-15)33-3/h4-13,22,29H,1-3H3/b23-21+. The molecule has 8 heteroatoms. The van der Waals surface area contributed by atoms with Crippen molar-refractivity contribution in [3.63, 3.8) is 0 Å². The van der Waals surface area contributed by atoms with Crippen molar-refractivity contribution in [1.29, 1.82) is 0 Å². The molecule has 1 N–H and O–H groups in total. The molecule has 1 fully saturated rings. The maximum atomic E-state index is 13.2. The molecule has 1 aromatic heterocycles. The summed E-state index contributed by atoms with van der Waals surface area (Å²) in [6, 6.07) is 14.0. The van der Waals surface area contributed by atoms with E-state index in [-0.39, 0.29) is 11.3 Å². The van der Waals surface area contributed by atoms with E-state index in [4.69, 9.17) is 21.1 Å². The second-order valence-electron chi connectivity index (χ2n) is 7.42. The molecule has 0 spiro atoms. The first-order valence-corrected chi connectivity index (χ1v) is 10.5. The number of carbonyl (C=O) groups is 2. The second kappa shape index (κ2) is 8.96. The molecule has 33 heavy (non-hydrogen) atoms. The summed E-state index contributed by atoms with van der Waals surface area (Å²) in [5.74, 6) is -1.07. The fraction of sp³-hybridized carbons (Fsp3) is 0.160. The number of ketones is 1. The first kappa shape index (κ1) is 22.4. The first-order valence-electron chi connectivity index (χ1n) is 10.1. The fourth-order valence-electron chi connectivity index (χ4n) is 3.93. The number of nitrogens with zero attached hydrogens (tertiary/aromatic N) is 2. The Balaban J connectivity index is 1.95. The Morgan fingerprint density at radius 2 is 1.79 bits per heavy atom. The number of amides is 1. The van der Waals surface area contributed by atoms with Crippen LogP contribution in [0, 0.1) is 6.92 Å². The molecule has 3 aromatic rings. The molecule has 2 heterocycles. The molecule has 7 nitrogen and oxygen atoms in total. The van der Waals surface area contributed by atoms with Crippen molar-refractivity contribution in [2.75, 3.05) is 19.1 Å². The molecule has 0 radical (unpaired) electrons. The van der Waals surface area contributed by atoms with Crippen LogP contribution >= 0.6 is 11.6 Å². The molecular weight excluding hydrogens is 444 g/mol. The van der Waals surface area contributed by atoms with E-state index in [0.29, 0.717) is 39.0 Å². The maximum absolute atomic E-state index is 13.2. The fourth-order valence-corrected chi connectivity index (χ4v) is 4.15. The third-order valence-electron chi connectivity index (χ3n) is 5.49. The molecule has 4 rings (SSSR count). The number of rotatable bonds is 5. The number of aliphatic hydroxyl groups is 1. The van der Waals surface area contributed by atoms with Crippen LogP contribution in [-0.2, 0) is 9.59 Å². The lowest BCUT2D eigenvalue weighted by atomic mass is 9.97. The van der Waals surface area contributed by atoms with Crippen molar-refractivity contribution in [2.24, 2.45) is 0 Å². The predicted octanol–water partition coefficient (Wildman–Crippen LogP) is 4.69. The van der Waals surface area contributed by atoms with Gasteiger partial charge in [0.05, 0.1) is 25.5 Å². The lowest BCUT2D eigenvalue weighted by Gasteiger charge is -2.26. The van der Waals surface area contributed by atoms with Gasteiger partial charge < -0.3 is 14.6 Å². The quantitative estimate of drug-likeness (QED) is 0.335. The van der Waals surface area contributed by atoms with E-state index >= 15 is 0 Å². The van der Waals surface area contributed by atoms with Gasteiger partial charge in [-0.3, -0.25) is 19.5 Å². The molecule has 0 saturated carbocycles. The average Bonchev–Trinajstić information content (AvgIpc) is 3.09. The predicted molar refractivity (Wildman–Crippen MR) is 125 cm³/mol. The highest BCUT2D eigenvalue weighted by molar-refractivity contribution is 6.51. The van der Waals surface area contributed by atoms with Gasteiger partial charge in [0.1, 0.15) is 11.8 Å². The number of pyridine rings is 1. The van der Waals surface area contributed by atoms with Crippen LogP contribution in [0.15, 0.2) is 66.4 Å². The van der Waals surface area contributed by atoms with E-state index in [1.807, 2.05) is 0 Å². The van der Waals surface area contributed by atoms with Crippen molar-refractivity contribution in [2.45, 2.75) is 13.0 Å². The van der Waals surface area contributed by atoms with Crippen molar-refractivity contribution >= 4 is 34.7 Å². The third kappa shape index (κ3) is 3.91. The number of methoxy groups -OCH3 is 2. The summed E-state index contributed by atoms with van der Waals surface area (Å²) in [4.78, 5) is 32.2. The van der Waals surface area contributed by atoms with Crippen LogP contribution in [0.3, 0.4) is 0 Å². The van der Waals surface area contributed by atoms with Crippen molar-refractivity contribution in [3.05, 3.63) is 88.2 Å². The summed E-state index contributed by atoms with van der Waals surface area (Å²) < 4.78 is 10.6. The number of ether oxygens (including phenoxy) is 2. The largest absolute Gasteiger partial charge is 0.507 e. The number of anilines is 1. The minimum Gasteiger partial charge on any atom is -0.507 e. The summed E-state index contributed by atoms with van der Waals surface area (Å²) in [7, 11) is 2.97. The molecule has 1 amide bonds. The Labute approximate surface area is 195 Å². The van der Waals surface area contributed by atoms with Gasteiger partial charge >= 0.3 is 0 Å². The number of aryl methyl sites for hydroxylation is 1. The summed E-state index contributed by atoms with van der Waals surface area (Å²) in [6.45, 7) is 1.80. The van der Waals surface area contributed by atoms with E-state index in [9.17, 15) is 14.7 Å². The number of halogens is 1. The molecule has 0 bridgehead atoms. The van der Waals surface area contributed by atoms with E-state index in [2.05, 4.69) is 4.98 Å². The van der Waals surface area contributed by atoms with Crippen LogP contribution < -0.4 is 14.4 Å². The van der Waals surface area contributed by atoms with Crippen LogP contribution in [0.4, 0.5) is 5.69 Å². The number of aromatic nitrogens is 1. The average molecular weight is 465 g/mol. The maximum Gasteiger partial charge on any atom is 0.300 e. The molecule has 1 atom stereocenters. The normalized spacial score (nSPS) is 17.3. The van der Waals surface area contributed by atoms with Gasteiger partial charge in [0.25, 0.3) is 11.7 Å². The molecule has 2 aromatic carbocycles. The van der Waals surface area contributed by atoms with E-state index in [1.165, 1.54) is 19.1 Å². The zero-order chi connectivity index (χ0) is 23.7. The molecule has 168 valence electrons. The van der Waals surface area contributed by atoms with Gasteiger partial charge in [-0.25, -0.2) is 0 Å². The summed E-state index contributed by atoms with van der Waals surface area (Å²) >= 11 is 6.10. The van der Waals surface area contributed by atoms with Crippen LogP contribution in [-0.4, -0.2) is 36.0 Å². The number of aliphatic hydroxyl groups excluding tert-OH is 1. The molecule has 1 unspecified atom stereocenters. The first-order chi connectivity index (χ1) is 15.9. The van der Waals surface area contributed by atoms with Gasteiger partial charge in [0.15, 0.2) is 11.5 Å². The van der Waals surface area contributed by atoms with Crippen LogP contribution in [0.25, 0.3) is 5.76 Å². The van der Waals surface area contributed by atoms with E-state index < -0.39 is 17.7 Å². The topological polar surface area (TPSA) is 89.0 Å². The highest BCUT2D eigenvalue weighted by Crippen LogP contribution is 2.43. The summed E-state index contributed by atoms with van der Waals surface area (Å²) in [5.41, 5.74) is 1.88. The van der Waals surface area contributed by atoms with Crippen LogP contribution in [0.1, 0.15) is 22.9 Å². The van der Waals surface area contributed by atoms with Gasteiger partial charge in [-0.05, 0) is 61.0 Å². The van der Waals surface area contributed by atoms with Gasteiger partial charge in [-0.15, -0.1) is 0 Å². The third-order valence-corrected chi connectivity index (χ3v) is 5.72. The number of carbonyl (C=O) groups excluding carboxylic acids is 2. The van der Waals surface area contributed by atoms with Crippen LogP contribution in [0.2, 0.25) is 5.02 Å². The molecular formula is C25H21ClN2O5. The van der Waals surface area contributed by atoms with Gasteiger partial charge in [0.2, 0.25) is 0 Å². The number of Topliss-reactive ketones (excluding diaryl/α,β-unsaturated/α-hetero) is 1. The van der Waals surface area contributed by atoms with Crippen molar-refractivity contribution < 1.29 is 24.2 Å². The molecule has 1 aliphatic heterocycles. The number of benzene rings is 2.